The zero-order chi connectivity index (χ0) is 15.6. The minimum atomic E-state index is -1.34. The van der Waals surface area contributed by atoms with Gasteiger partial charge in [0.05, 0.1) is 24.0 Å². The normalized spacial score (nSPS) is 18.2. The van der Waals surface area contributed by atoms with E-state index in [1.165, 1.54) is 14.0 Å². The van der Waals surface area contributed by atoms with Gasteiger partial charge in [0.2, 0.25) is 0 Å². The molecule has 0 spiro atoms. The van der Waals surface area contributed by atoms with Crippen LogP contribution in [-0.2, 0) is 9.59 Å². The first kappa shape index (κ1) is 15.5. The van der Waals surface area contributed by atoms with E-state index >= 15 is 0 Å². The molecule has 1 atom stereocenters. The van der Waals surface area contributed by atoms with Crippen molar-refractivity contribution in [2.75, 3.05) is 7.11 Å². The lowest BCUT2D eigenvalue weighted by Gasteiger charge is -2.23. The fourth-order valence-electron chi connectivity index (χ4n) is 1.85. The van der Waals surface area contributed by atoms with Crippen molar-refractivity contribution in [3.63, 3.8) is 0 Å². The summed E-state index contributed by atoms with van der Waals surface area (Å²) in [5.41, 5.74) is 0.724. The average Bonchev–Trinajstić information content (AvgIpc) is 2.73. The van der Waals surface area contributed by atoms with Crippen LogP contribution in [0.4, 0.5) is 0 Å². The highest BCUT2D eigenvalue weighted by atomic mass is 32.2. The number of rotatable bonds is 4. The Kier molecular flexibility index (Phi) is 4.64. The van der Waals surface area contributed by atoms with Crippen molar-refractivity contribution in [3.8, 4) is 5.75 Å². The smallest absolute Gasteiger partial charge is 0.266 e. The van der Waals surface area contributed by atoms with Gasteiger partial charge in [0.25, 0.3) is 5.91 Å². The number of methoxy groups -OCH3 is 1. The first-order chi connectivity index (χ1) is 9.95. The van der Waals surface area contributed by atoms with Gasteiger partial charge in [0.15, 0.2) is 0 Å². The monoisotopic (exact) mass is 322 g/mol. The number of benzene rings is 1. The summed E-state index contributed by atoms with van der Waals surface area (Å²) in [5, 5.41) is 10.9. The Morgan fingerprint density at radius 1 is 1.48 bits per heavy atom. The minimum absolute atomic E-state index is 0.206. The Balaban J connectivity index is 2.34. The standard InChI is InChI=1S/C14H13NO4S2/c1-8(13(17)18)15-12(16)11(21-14(15)20)7-9-5-3-4-6-10(9)19-2/h3-8H,1-2H3,(H,17,18)/p-1/t8-/m0/s1. The second-order valence-electron chi connectivity index (χ2n) is 4.29. The molecule has 0 aliphatic carbocycles. The summed E-state index contributed by atoms with van der Waals surface area (Å²) >= 11 is 6.14. The van der Waals surface area contributed by atoms with E-state index in [1.54, 1.807) is 18.2 Å². The van der Waals surface area contributed by atoms with E-state index in [9.17, 15) is 14.7 Å². The molecule has 0 radical (unpaired) electrons. The number of hydrogen-bond donors (Lipinski definition) is 0. The molecular weight excluding hydrogens is 310 g/mol. The quantitative estimate of drug-likeness (QED) is 0.609. The van der Waals surface area contributed by atoms with Gasteiger partial charge in [-0.3, -0.25) is 9.69 Å². The number of thioether (sulfide) groups is 1. The number of amides is 1. The second kappa shape index (κ2) is 6.28. The first-order valence-electron chi connectivity index (χ1n) is 6.06. The highest BCUT2D eigenvalue weighted by Crippen LogP contribution is 2.35. The van der Waals surface area contributed by atoms with Gasteiger partial charge in [-0.25, -0.2) is 0 Å². The van der Waals surface area contributed by atoms with E-state index in [4.69, 9.17) is 17.0 Å². The van der Waals surface area contributed by atoms with Crippen LogP contribution in [0.5, 0.6) is 5.75 Å². The van der Waals surface area contributed by atoms with Gasteiger partial charge in [-0.1, -0.05) is 42.2 Å². The lowest BCUT2D eigenvalue weighted by atomic mass is 10.2. The van der Waals surface area contributed by atoms with Gasteiger partial charge in [-0.05, 0) is 19.1 Å². The second-order valence-corrected chi connectivity index (χ2v) is 5.96. The maximum atomic E-state index is 12.3. The zero-order valence-corrected chi connectivity index (χ0v) is 13.0. The lowest BCUT2D eigenvalue weighted by molar-refractivity contribution is -0.309. The molecule has 0 N–H and O–H groups in total. The molecule has 1 aliphatic rings. The van der Waals surface area contributed by atoms with Gasteiger partial charge >= 0.3 is 0 Å². The fourth-order valence-corrected chi connectivity index (χ4v) is 3.26. The third-order valence-electron chi connectivity index (χ3n) is 2.98. The van der Waals surface area contributed by atoms with Crippen molar-refractivity contribution in [2.45, 2.75) is 13.0 Å². The number of aliphatic carboxylic acids is 1. The number of carbonyl (C=O) groups excluding carboxylic acids is 2. The number of para-hydroxylation sites is 1. The van der Waals surface area contributed by atoms with Gasteiger partial charge in [-0.2, -0.15) is 0 Å². The molecule has 1 aromatic rings. The lowest BCUT2D eigenvalue weighted by Crippen LogP contribution is -2.48. The molecule has 0 unspecified atom stereocenters. The fraction of sp³-hybridized carbons (Fsp3) is 0.214. The number of carboxylic acids is 1. The van der Waals surface area contributed by atoms with Crippen LogP contribution in [0.25, 0.3) is 6.08 Å². The van der Waals surface area contributed by atoms with Crippen molar-refractivity contribution in [2.24, 2.45) is 0 Å². The molecule has 1 heterocycles. The van der Waals surface area contributed by atoms with E-state index < -0.39 is 17.9 Å². The van der Waals surface area contributed by atoms with Crippen LogP contribution in [-0.4, -0.2) is 34.2 Å². The van der Waals surface area contributed by atoms with Crippen LogP contribution in [0.3, 0.4) is 0 Å². The number of thiocarbonyl (C=S) groups is 1. The number of nitrogens with zero attached hydrogens (tertiary/aromatic N) is 1. The molecule has 1 fully saturated rings. The molecule has 1 aliphatic heterocycles. The van der Waals surface area contributed by atoms with E-state index in [0.29, 0.717) is 10.7 Å². The van der Waals surface area contributed by atoms with Crippen LogP contribution in [0.2, 0.25) is 0 Å². The predicted molar refractivity (Wildman–Crippen MR) is 82.5 cm³/mol. The Morgan fingerprint density at radius 3 is 2.76 bits per heavy atom. The summed E-state index contributed by atoms with van der Waals surface area (Å²) in [7, 11) is 1.54. The third kappa shape index (κ3) is 3.08. The number of carboxylic acid groups (broad SMARTS) is 1. The van der Waals surface area contributed by atoms with Gasteiger partial charge < -0.3 is 14.6 Å². The molecule has 1 amide bonds. The van der Waals surface area contributed by atoms with Crippen molar-refractivity contribution in [1.29, 1.82) is 0 Å². The largest absolute Gasteiger partial charge is 0.548 e. The van der Waals surface area contributed by atoms with Crippen LogP contribution >= 0.6 is 24.0 Å². The van der Waals surface area contributed by atoms with Crippen LogP contribution in [0.1, 0.15) is 12.5 Å². The average molecular weight is 322 g/mol. The van der Waals surface area contributed by atoms with Crippen molar-refractivity contribution >= 4 is 46.3 Å². The SMILES string of the molecule is COc1ccccc1C=C1SC(=S)N([C@@H](C)C(=O)[O-])C1=O. The summed E-state index contributed by atoms with van der Waals surface area (Å²) in [4.78, 5) is 24.6. The van der Waals surface area contributed by atoms with Crippen LogP contribution < -0.4 is 9.84 Å². The molecule has 0 saturated carbocycles. The maximum absolute atomic E-state index is 12.3. The minimum Gasteiger partial charge on any atom is -0.548 e. The molecule has 1 aromatic carbocycles. The van der Waals surface area contributed by atoms with E-state index in [-0.39, 0.29) is 4.32 Å². The van der Waals surface area contributed by atoms with Crippen LogP contribution in [0.15, 0.2) is 29.2 Å². The Labute approximate surface area is 131 Å². The molecule has 110 valence electrons. The molecule has 21 heavy (non-hydrogen) atoms. The Hall–Kier alpha value is -1.86. The highest BCUT2D eigenvalue weighted by Gasteiger charge is 2.35. The predicted octanol–water partition coefficient (Wildman–Crippen LogP) is 1.03. The summed E-state index contributed by atoms with van der Waals surface area (Å²) in [6, 6.07) is 6.11. The summed E-state index contributed by atoms with van der Waals surface area (Å²) in [5.74, 6) is -1.16. The number of carbonyl (C=O) groups is 2. The van der Waals surface area contributed by atoms with Gasteiger partial charge in [0.1, 0.15) is 10.1 Å². The summed E-state index contributed by atoms with van der Waals surface area (Å²) in [6.07, 6.45) is 1.64. The van der Waals surface area contributed by atoms with E-state index in [1.807, 2.05) is 12.1 Å². The molecule has 0 bridgehead atoms. The topological polar surface area (TPSA) is 69.7 Å². The molecular formula is C14H12NO4S2-. The summed E-state index contributed by atoms with van der Waals surface area (Å²) < 4.78 is 5.42. The Morgan fingerprint density at radius 2 is 2.14 bits per heavy atom. The molecule has 1 saturated heterocycles. The highest BCUT2D eigenvalue weighted by molar-refractivity contribution is 8.26. The van der Waals surface area contributed by atoms with Gasteiger partial charge in [0, 0.05) is 5.56 Å². The molecule has 2 rings (SSSR count). The number of hydrogen-bond acceptors (Lipinski definition) is 6. The van der Waals surface area contributed by atoms with Crippen molar-refractivity contribution in [3.05, 3.63) is 34.7 Å². The van der Waals surface area contributed by atoms with E-state index in [2.05, 4.69) is 0 Å². The Bertz CT molecular complexity index is 642. The van der Waals surface area contributed by atoms with Gasteiger partial charge in [-0.15, -0.1) is 0 Å². The summed E-state index contributed by atoms with van der Waals surface area (Å²) in [6.45, 7) is 1.37. The van der Waals surface area contributed by atoms with E-state index in [0.717, 1.165) is 22.2 Å². The maximum Gasteiger partial charge on any atom is 0.266 e. The molecule has 0 aromatic heterocycles. The van der Waals surface area contributed by atoms with Crippen molar-refractivity contribution < 1.29 is 19.4 Å². The number of ether oxygens (including phenoxy) is 1. The third-order valence-corrected chi connectivity index (χ3v) is 4.31. The van der Waals surface area contributed by atoms with Crippen LogP contribution in [0, 0.1) is 0 Å². The molecule has 7 heteroatoms. The van der Waals surface area contributed by atoms with Crippen molar-refractivity contribution in [1.82, 2.24) is 4.90 Å². The first-order valence-corrected chi connectivity index (χ1v) is 7.29. The zero-order valence-electron chi connectivity index (χ0n) is 11.4. The molecule has 5 nitrogen and oxygen atoms in total.